The molecule has 2 aromatic rings. The SMILES string of the molecule is CC(c1ccco1)N(C(=S)Nc1cccc(Cl)c1)C1CCCCC1. The Balaban J connectivity index is 1.81. The maximum absolute atomic E-state index is 6.09. The standard InChI is InChI=1S/C19H23ClN2OS/c1-14(18-11-6-12-23-18)22(17-9-3-2-4-10-17)19(24)21-16-8-5-7-15(20)13-16/h5-8,11-14,17H,2-4,9-10H2,1H3,(H,21,24). The average Bonchev–Trinajstić information content (AvgIpc) is 3.10. The minimum Gasteiger partial charge on any atom is -0.467 e. The molecule has 0 radical (unpaired) electrons. The Hall–Kier alpha value is -1.52. The average molecular weight is 363 g/mol. The first-order chi connectivity index (χ1) is 11.6. The molecule has 1 N–H and O–H groups in total. The Morgan fingerprint density at radius 1 is 1.25 bits per heavy atom. The van der Waals surface area contributed by atoms with Crippen LogP contribution in [-0.2, 0) is 0 Å². The van der Waals surface area contributed by atoms with Crippen LogP contribution in [-0.4, -0.2) is 16.1 Å². The van der Waals surface area contributed by atoms with Crippen molar-refractivity contribution in [1.82, 2.24) is 4.90 Å². The van der Waals surface area contributed by atoms with Crippen molar-refractivity contribution in [2.24, 2.45) is 0 Å². The van der Waals surface area contributed by atoms with Crippen molar-refractivity contribution in [3.63, 3.8) is 0 Å². The highest BCUT2D eigenvalue weighted by Crippen LogP contribution is 2.31. The van der Waals surface area contributed by atoms with Crippen molar-refractivity contribution in [3.05, 3.63) is 53.4 Å². The van der Waals surface area contributed by atoms with Crippen molar-refractivity contribution in [2.75, 3.05) is 5.32 Å². The number of halogens is 1. The third-order valence-corrected chi connectivity index (χ3v) is 5.20. The van der Waals surface area contributed by atoms with Crippen LogP contribution in [0.2, 0.25) is 5.02 Å². The summed E-state index contributed by atoms with van der Waals surface area (Å²) in [5.74, 6) is 0.941. The third kappa shape index (κ3) is 4.11. The zero-order valence-electron chi connectivity index (χ0n) is 13.9. The Kier molecular flexibility index (Phi) is 5.80. The second-order valence-electron chi connectivity index (χ2n) is 6.33. The molecule has 0 bridgehead atoms. The number of hydrogen-bond donors (Lipinski definition) is 1. The van der Waals surface area contributed by atoms with E-state index < -0.39 is 0 Å². The summed E-state index contributed by atoms with van der Waals surface area (Å²) in [5, 5.41) is 4.78. The zero-order chi connectivity index (χ0) is 16.9. The zero-order valence-corrected chi connectivity index (χ0v) is 15.4. The number of furan rings is 1. The van der Waals surface area contributed by atoms with E-state index in [1.807, 2.05) is 36.4 Å². The van der Waals surface area contributed by atoms with Crippen LogP contribution in [0.3, 0.4) is 0 Å². The monoisotopic (exact) mass is 362 g/mol. The molecular formula is C19H23ClN2OS. The summed E-state index contributed by atoms with van der Waals surface area (Å²) in [6.07, 6.45) is 7.88. The fourth-order valence-electron chi connectivity index (χ4n) is 3.44. The second kappa shape index (κ2) is 8.04. The fourth-order valence-corrected chi connectivity index (χ4v) is 4.05. The third-order valence-electron chi connectivity index (χ3n) is 4.65. The van der Waals surface area contributed by atoms with E-state index in [4.69, 9.17) is 28.2 Å². The van der Waals surface area contributed by atoms with Gasteiger partial charge in [-0.3, -0.25) is 0 Å². The molecule has 0 amide bonds. The Labute approximate surface area is 154 Å². The summed E-state index contributed by atoms with van der Waals surface area (Å²) in [4.78, 5) is 2.30. The molecule has 0 aliphatic heterocycles. The van der Waals surface area contributed by atoms with Gasteiger partial charge in [0.25, 0.3) is 0 Å². The topological polar surface area (TPSA) is 28.4 Å². The predicted molar refractivity (Wildman–Crippen MR) is 104 cm³/mol. The predicted octanol–water partition coefficient (Wildman–Crippen LogP) is 6.03. The van der Waals surface area contributed by atoms with Gasteiger partial charge < -0.3 is 14.6 Å². The van der Waals surface area contributed by atoms with Crippen molar-refractivity contribution >= 4 is 34.6 Å². The molecule has 1 aromatic carbocycles. The van der Waals surface area contributed by atoms with Gasteiger partial charge in [0.15, 0.2) is 5.11 Å². The van der Waals surface area contributed by atoms with Crippen molar-refractivity contribution in [3.8, 4) is 0 Å². The second-order valence-corrected chi connectivity index (χ2v) is 7.15. The van der Waals surface area contributed by atoms with Gasteiger partial charge in [-0.05, 0) is 62.3 Å². The van der Waals surface area contributed by atoms with Gasteiger partial charge in [0.1, 0.15) is 5.76 Å². The lowest BCUT2D eigenvalue weighted by molar-refractivity contribution is 0.186. The molecule has 1 saturated carbocycles. The number of nitrogens with zero attached hydrogens (tertiary/aromatic N) is 1. The summed E-state index contributed by atoms with van der Waals surface area (Å²) in [6, 6.07) is 12.1. The molecule has 1 heterocycles. The van der Waals surface area contributed by atoms with Gasteiger partial charge in [0, 0.05) is 16.8 Å². The lowest BCUT2D eigenvalue weighted by atomic mass is 9.93. The molecule has 0 spiro atoms. The largest absolute Gasteiger partial charge is 0.467 e. The van der Waals surface area contributed by atoms with Crippen LogP contribution in [0.1, 0.15) is 50.8 Å². The summed E-state index contributed by atoms with van der Waals surface area (Å²) < 4.78 is 5.64. The van der Waals surface area contributed by atoms with Crippen LogP contribution < -0.4 is 5.32 Å². The molecule has 1 aliphatic carbocycles. The number of anilines is 1. The van der Waals surface area contributed by atoms with Gasteiger partial charge in [-0.25, -0.2) is 0 Å². The number of nitrogens with one attached hydrogen (secondary N) is 1. The van der Waals surface area contributed by atoms with Gasteiger partial charge in [0.2, 0.25) is 0 Å². The molecule has 3 nitrogen and oxygen atoms in total. The van der Waals surface area contributed by atoms with Crippen molar-refractivity contribution < 1.29 is 4.42 Å². The van der Waals surface area contributed by atoms with E-state index in [0.29, 0.717) is 11.1 Å². The van der Waals surface area contributed by atoms with E-state index in [1.165, 1.54) is 32.1 Å². The summed E-state index contributed by atoms with van der Waals surface area (Å²) >= 11 is 11.9. The molecule has 5 heteroatoms. The highest BCUT2D eigenvalue weighted by molar-refractivity contribution is 7.80. The Morgan fingerprint density at radius 3 is 2.71 bits per heavy atom. The number of benzene rings is 1. The summed E-state index contributed by atoms with van der Waals surface area (Å²) in [7, 11) is 0. The number of thiocarbonyl (C=S) groups is 1. The van der Waals surface area contributed by atoms with Crippen LogP contribution in [0.25, 0.3) is 0 Å². The first kappa shape index (κ1) is 17.3. The highest BCUT2D eigenvalue weighted by Gasteiger charge is 2.29. The van der Waals surface area contributed by atoms with Crippen LogP contribution in [0.4, 0.5) is 5.69 Å². The van der Waals surface area contributed by atoms with E-state index in [2.05, 4.69) is 17.1 Å². The van der Waals surface area contributed by atoms with E-state index in [1.54, 1.807) is 6.26 Å². The first-order valence-electron chi connectivity index (χ1n) is 8.53. The minimum atomic E-state index is 0.0993. The van der Waals surface area contributed by atoms with Crippen LogP contribution >= 0.6 is 23.8 Å². The molecule has 1 aromatic heterocycles. The lowest BCUT2D eigenvalue weighted by Gasteiger charge is -2.39. The maximum atomic E-state index is 6.09. The minimum absolute atomic E-state index is 0.0993. The number of rotatable bonds is 4. The molecule has 1 fully saturated rings. The lowest BCUT2D eigenvalue weighted by Crippen LogP contribution is -2.45. The van der Waals surface area contributed by atoms with Crippen molar-refractivity contribution in [2.45, 2.75) is 51.1 Å². The molecule has 1 aliphatic rings. The van der Waals surface area contributed by atoms with Gasteiger partial charge >= 0.3 is 0 Å². The smallest absolute Gasteiger partial charge is 0.174 e. The summed E-state index contributed by atoms with van der Waals surface area (Å²) in [6.45, 7) is 2.15. The van der Waals surface area contributed by atoms with Gasteiger partial charge in [0.05, 0.1) is 12.3 Å². The summed E-state index contributed by atoms with van der Waals surface area (Å²) in [5.41, 5.74) is 0.917. The fraction of sp³-hybridized carbons (Fsp3) is 0.421. The Morgan fingerprint density at radius 2 is 2.04 bits per heavy atom. The highest BCUT2D eigenvalue weighted by atomic mass is 35.5. The van der Waals surface area contributed by atoms with E-state index in [0.717, 1.165) is 16.6 Å². The quantitative estimate of drug-likeness (QED) is 0.672. The maximum Gasteiger partial charge on any atom is 0.174 e. The first-order valence-corrected chi connectivity index (χ1v) is 9.32. The van der Waals surface area contributed by atoms with Gasteiger partial charge in [-0.2, -0.15) is 0 Å². The molecule has 1 unspecified atom stereocenters. The molecular weight excluding hydrogens is 340 g/mol. The van der Waals surface area contributed by atoms with Gasteiger partial charge in [-0.1, -0.05) is 36.9 Å². The van der Waals surface area contributed by atoms with Crippen LogP contribution in [0.15, 0.2) is 47.1 Å². The van der Waals surface area contributed by atoms with Crippen LogP contribution in [0.5, 0.6) is 0 Å². The molecule has 1 atom stereocenters. The van der Waals surface area contributed by atoms with Gasteiger partial charge in [-0.15, -0.1) is 0 Å². The molecule has 3 rings (SSSR count). The van der Waals surface area contributed by atoms with E-state index in [-0.39, 0.29) is 6.04 Å². The molecule has 24 heavy (non-hydrogen) atoms. The van der Waals surface area contributed by atoms with E-state index in [9.17, 15) is 0 Å². The molecule has 0 saturated heterocycles. The number of hydrogen-bond acceptors (Lipinski definition) is 2. The Bertz CT molecular complexity index is 668. The van der Waals surface area contributed by atoms with E-state index >= 15 is 0 Å². The van der Waals surface area contributed by atoms with Crippen LogP contribution in [0, 0.1) is 0 Å². The molecule has 128 valence electrons. The normalized spacial score (nSPS) is 16.6. The van der Waals surface area contributed by atoms with Crippen molar-refractivity contribution in [1.29, 1.82) is 0 Å².